The summed E-state index contributed by atoms with van der Waals surface area (Å²) in [7, 11) is 1.77. The molecule has 0 unspecified atom stereocenters. The molecule has 0 N–H and O–H groups in total. The van der Waals surface area contributed by atoms with E-state index >= 15 is 0 Å². The van der Waals surface area contributed by atoms with Gasteiger partial charge in [-0.3, -0.25) is 14.5 Å². The number of nitrogens with zero attached hydrogens (tertiary/aromatic N) is 4. The van der Waals surface area contributed by atoms with Crippen LogP contribution < -0.4 is 0 Å². The standard InChI is InChI=1S/C22H30N4O4/c1-24(16-20-23-18-5-2-3-6-19(18)30-20)22(28)17-7-8-21(27)26(15-17)10-4-9-25-11-13-29-14-12-25/h2-3,5-6,17H,4,7-16H2,1H3/t17-/m0/s1. The van der Waals surface area contributed by atoms with E-state index in [1.165, 1.54) is 0 Å². The average molecular weight is 415 g/mol. The molecule has 2 amide bonds. The zero-order valence-electron chi connectivity index (χ0n) is 17.6. The summed E-state index contributed by atoms with van der Waals surface area (Å²) in [5, 5.41) is 0. The summed E-state index contributed by atoms with van der Waals surface area (Å²) in [5.41, 5.74) is 1.52. The van der Waals surface area contributed by atoms with E-state index in [0.717, 1.165) is 50.4 Å². The van der Waals surface area contributed by atoms with Gasteiger partial charge in [0.2, 0.25) is 17.7 Å². The van der Waals surface area contributed by atoms with Crippen molar-refractivity contribution in [3.63, 3.8) is 0 Å². The third-order valence-corrected chi connectivity index (χ3v) is 5.94. The van der Waals surface area contributed by atoms with E-state index in [2.05, 4.69) is 9.88 Å². The van der Waals surface area contributed by atoms with Crippen LogP contribution in [0.15, 0.2) is 28.7 Å². The van der Waals surface area contributed by atoms with Crippen LogP contribution in [0.2, 0.25) is 0 Å². The minimum atomic E-state index is -0.166. The third-order valence-electron chi connectivity index (χ3n) is 5.94. The number of ether oxygens (including phenoxy) is 1. The van der Waals surface area contributed by atoms with Gasteiger partial charge in [0.25, 0.3) is 0 Å². The normalized spacial score (nSPS) is 20.6. The molecule has 30 heavy (non-hydrogen) atoms. The number of rotatable bonds is 7. The molecule has 2 aromatic rings. The van der Waals surface area contributed by atoms with Gasteiger partial charge in [-0.15, -0.1) is 0 Å². The number of oxazole rings is 1. The van der Waals surface area contributed by atoms with E-state index in [4.69, 9.17) is 9.15 Å². The molecule has 8 nitrogen and oxygen atoms in total. The molecular weight excluding hydrogens is 384 g/mol. The Morgan fingerprint density at radius 3 is 2.83 bits per heavy atom. The average Bonchev–Trinajstić information content (AvgIpc) is 3.17. The fraction of sp³-hybridized carbons (Fsp3) is 0.591. The summed E-state index contributed by atoms with van der Waals surface area (Å²) in [4.78, 5) is 35.7. The number of carbonyl (C=O) groups excluding carboxylic acids is 2. The van der Waals surface area contributed by atoms with Gasteiger partial charge in [-0.2, -0.15) is 0 Å². The van der Waals surface area contributed by atoms with Crippen molar-refractivity contribution in [3.05, 3.63) is 30.2 Å². The number of hydrogen-bond acceptors (Lipinski definition) is 6. The molecule has 1 aromatic heterocycles. The molecule has 1 aromatic carbocycles. The first-order chi connectivity index (χ1) is 14.6. The molecule has 0 aliphatic carbocycles. The Labute approximate surface area is 176 Å². The van der Waals surface area contributed by atoms with Crippen LogP contribution in [0.5, 0.6) is 0 Å². The Morgan fingerprint density at radius 2 is 2.03 bits per heavy atom. The smallest absolute Gasteiger partial charge is 0.227 e. The van der Waals surface area contributed by atoms with E-state index in [1.54, 1.807) is 11.9 Å². The Kier molecular flexibility index (Phi) is 6.64. The summed E-state index contributed by atoms with van der Waals surface area (Å²) in [6.45, 7) is 5.97. The molecule has 8 heteroatoms. The lowest BCUT2D eigenvalue weighted by Crippen LogP contribution is -2.47. The fourth-order valence-electron chi connectivity index (χ4n) is 4.22. The molecule has 0 radical (unpaired) electrons. The van der Waals surface area contributed by atoms with E-state index < -0.39 is 0 Å². The van der Waals surface area contributed by atoms with Gasteiger partial charge in [-0.25, -0.2) is 4.98 Å². The molecule has 3 heterocycles. The van der Waals surface area contributed by atoms with Crippen molar-refractivity contribution in [2.24, 2.45) is 5.92 Å². The maximum atomic E-state index is 13.0. The highest BCUT2D eigenvalue weighted by Crippen LogP contribution is 2.22. The number of carbonyl (C=O) groups is 2. The number of piperidine rings is 1. The van der Waals surface area contributed by atoms with E-state index in [-0.39, 0.29) is 17.7 Å². The second kappa shape index (κ2) is 9.57. The molecule has 2 aliphatic heterocycles. The van der Waals surface area contributed by atoms with Gasteiger partial charge >= 0.3 is 0 Å². The predicted molar refractivity (Wildman–Crippen MR) is 112 cm³/mol. The first kappa shape index (κ1) is 20.8. The van der Waals surface area contributed by atoms with Gasteiger partial charge in [-0.1, -0.05) is 12.1 Å². The molecule has 4 rings (SSSR count). The topological polar surface area (TPSA) is 79.1 Å². The Morgan fingerprint density at radius 1 is 1.23 bits per heavy atom. The van der Waals surface area contributed by atoms with Crippen LogP contribution in [0.25, 0.3) is 11.1 Å². The monoisotopic (exact) mass is 414 g/mol. The van der Waals surface area contributed by atoms with Crippen LogP contribution in [0, 0.1) is 5.92 Å². The van der Waals surface area contributed by atoms with Gasteiger partial charge in [0.05, 0.1) is 25.7 Å². The second-order valence-electron chi connectivity index (χ2n) is 8.15. The Hall–Kier alpha value is -2.45. The summed E-state index contributed by atoms with van der Waals surface area (Å²) < 4.78 is 11.1. The van der Waals surface area contributed by atoms with Crippen LogP contribution in [0.3, 0.4) is 0 Å². The molecule has 0 bridgehead atoms. The minimum absolute atomic E-state index is 0.0444. The number of hydrogen-bond donors (Lipinski definition) is 0. The van der Waals surface area contributed by atoms with Gasteiger partial charge in [0, 0.05) is 46.2 Å². The molecule has 0 spiro atoms. The van der Waals surface area contributed by atoms with Crippen molar-refractivity contribution in [1.29, 1.82) is 0 Å². The highest BCUT2D eigenvalue weighted by molar-refractivity contribution is 5.83. The number of amides is 2. The van der Waals surface area contributed by atoms with E-state index in [0.29, 0.717) is 38.4 Å². The lowest BCUT2D eigenvalue weighted by Gasteiger charge is -2.34. The molecular formula is C22H30N4O4. The minimum Gasteiger partial charge on any atom is -0.439 e. The van der Waals surface area contributed by atoms with Gasteiger partial charge in [0.15, 0.2) is 5.58 Å². The van der Waals surface area contributed by atoms with Gasteiger partial charge < -0.3 is 19.0 Å². The van der Waals surface area contributed by atoms with Crippen molar-refractivity contribution >= 4 is 22.9 Å². The van der Waals surface area contributed by atoms with Crippen LogP contribution in [0.4, 0.5) is 0 Å². The lowest BCUT2D eigenvalue weighted by molar-refractivity contribution is -0.142. The lowest BCUT2D eigenvalue weighted by atomic mass is 9.96. The molecule has 0 saturated carbocycles. The highest BCUT2D eigenvalue weighted by Gasteiger charge is 2.32. The zero-order valence-corrected chi connectivity index (χ0v) is 17.6. The van der Waals surface area contributed by atoms with Crippen molar-refractivity contribution in [2.45, 2.75) is 25.8 Å². The number of benzene rings is 1. The van der Waals surface area contributed by atoms with Crippen LogP contribution in [0.1, 0.15) is 25.2 Å². The summed E-state index contributed by atoms with van der Waals surface area (Å²) in [5.74, 6) is 0.562. The van der Waals surface area contributed by atoms with Crippen molar-refractivity contribution < 1.29 is 18.7 Å². The number of para-hydroxylation sites is 2. The number of likely N-dealkylation sites (tertiary alicyclic amines) is 1. The van der Waals surface area contributed by atoms with Crippen molar-refractivity contribution in [3.8, 4) is 0 Å². The number of aromatic nitrogens is 1. The van der Waals surface area contributed by atoms with E-state index in [9.17, 15) is 9.59 Å². The van der Waals surface area contributed by atoms with Gasteiger partial charge in [0.1, 0.15) is 5.52 Å². The Bertz CT molecular complexity index is 844. The molecule has 2 fully saturated rings. The maximum Gasteiger partial charge on any atom is 0.227 e. The predicted octanol–water partition coefficient (Wildman–Crippen LogP) is 1.75. The van der Waals surface area contributed by atoms with Crippen molar-refractivity contribution in [2.75, 3.05) is 53.0 Å². The highest BCUT2D eigenvalue weighted by atomic mass is 16.5. The first-order valence-corrected chi connectivity index (χ1v) is 10.8. The number of morpholine rings is 1. The maximum absolute atomic E-state index is 13.0. The molecule has 1 atom stereocenters. The first-order valence-electron chi connectivity index (χ1n) is 10.8. The second-order valence-corrected chi connectivity index (χ2v) is 8.15. The summed E-state index contributed by atoms with van der Waals surface area (Å²) in [6.07, 6.45) is 1.96. The molecule has 162 valence electrons. The Balaban J connectivity index is 1.28. The fourth-order valence-corrected chi connectivity index (χ4v) is 4.22. The van der Waals surface area contributed by atoms with E-state index in [1.807, 2.05) is 29.2 Å². The summed E-state index contributed by atoms with van der Waals surface area (Å²) >= 11 is 0. The van der Waals surface area contributed by atoms with Crippen molar-refractivity contribution in [1.82, 2.24) is 19.7 Å². The van der Waals surface area contributed by atoms with Crippen LogP contribution in [-0.2, 0) is 20.9 Å². The van der Waals surface area contributed by atoms with Crippen LogP contribution in [-0.4, -0.2) is 84.5 Å². The largest absolute Gasteiger partial charge is 0.439 e. The SMILES string of the molecule is CN(Cc1nc2ccccc2o1)C(=O)[C@H]1CCC(=O)N(CCCN2CCOCC2)C1. The van der Waals surface area contributed by atoms with Crippen LogP contribution >= 0.6 is 0 Å². The molecule has 2 saturated heterocycles. The molecule has 2 aliphatic rings. The number of fused-ring (bicyclic) bond motifs is 1. The zero-order chi connectivity index (χ0) is 20.9. The quantitative estimate of drug-likeness (QED) is 0.687. The van der Waals surface area contributed by atoms with Gasteiger partial charge in [-0.05, 0) is 25.0 Å². The third kappa shape index (κ3) is 4.99. The summed E-state index contributed by atoms with van der Waals surface area (Å²) in [6, 6.07) is 7.58.